The van der Waals surface area contributed by atoms with Crippen LogP contribution < -0.4 is 5.73 Å². The van der Waals surface area contributed by atoms with Crippen LogP contribution in [0.5, 0.6) is 0 Å². The lowest BCUT2D eigenvalue weighted by atomic mass is 10.1. The van der Waals surface area contributed by atoms with Gasteiger partial charge in [0.1, 0.15) is 0 Å². The molecule has 0 radical (unpaired) electrons. The van der Waals surface area contributed by atoms with Gasteiger partial charge in [0.05, 0.1) is 12.5 Å². The van der Waals surface area contributed by atoms with Gasteiger partial charge in [-0.15, -0.1) is 0 Å². The van der Waals surface area contributed by atoms with Crippen LogP contribution in [0.25, 0.3) is 0 Å². The molecule has 5 heteroatoms. The van der Waals surface area contributed by atoms with Gasteiger partial charge in [0.25, 0.3) is 0 Å². The maximum absolute atomic E-state index is 12.1. The second-order valence-corrected chi connectivity index (χ2v) is 4.31. The summed E-state index contributed by atoms with van der Waals surface area (Å²) in [7, 11) is 1.64. The minimum Gasteiger partial charge on any atom is -0.409 e. The van der Waals surface area contributed by atoms with E-state index in [0.29, 0.717) is 6.42 Å². The number of nitrogens with two attached hydrogens (primary N) is 1. The Kier molecular flexibility index (Phi) is 4.71. The van der Waals surface area contributed by atoms with E-state index < -0.39 is 6.04 Å². The van der Waals surface area contributed by atoms with Crippen molar-refractivity contribution < 1.29 is 10.0 Å². The van der Waals surface area contributed by atoms with Crippen LogP contribution in [0.3, 0.4) is 0 Å². The first kappa shape index (κ1) is 14.0. The molecule has 5 nitrogen and oxygen atoms in total. The zero-order valence-electron chi connectivity index (χ0n) is 10.9. The van der Waals surface area contributed by atoms with Gasteiger partial charge in [0.2, 0.25) is 5.91 Å². The molecule has 0 aliphatic carbocycles. The van der Waals surface area contributed by atoms with Crippen molar-refractivity contribution in [3.8, 4) is 0 Å². The summed E-state index contributed by atoms with van der Waals surface area (Å²) in [4.78, 5) is 13.5. The van der Waals surface area contributed by atoms with E-state index in [1.807, 2.05) is 31.2 Å². The summed E-state index contributed by atoms with van der Waals surface area (Å²) in [6, 6.07) is 7.31. The van der Waals surface area contributed by atoms with Crippen molar-refractivity contribution in [3.05, 3.63) is 35.4 Å². The lowest BCUT2D eigenvalue weighted by Crippen LogP contribution is -2.44. The van der Waals surface area contributed by atoms with Crippen LogP contribution in [-0.2, 0) is 11.2 Å². The number of nitrogens with zero attached hydrogens (tertiary/aromatic N) is 2. The monoisotopic (exact) mass is 249 g/mol. The Labute approximate surface area is 107 Å². The quantitative estimate of drug-likeness (QED) is 0.363. The Hall–Kier alpha value is -2.04. The minimum absolute atomic E-state index is 0.0237. The molecule has 0 heterocycles. The summed E-state index contributed by atoms with van der Waals surface area (Å²) < 4.78 is 0. The molecule has 1 atom stereocenters. The highest BCUT2D eigenvalue weighted by atomic mass is 16.4. The lowest BCUT2D eigenvalue weighted by Gasteiger charge is -2.24. The molecule has 0 saturated carbocycles. The van der Waals surface area contributed by atoms with Gasteiger partial charge in [-0.05, 0) is 25.0 Å². The van der Waals surface area contributed by atoms with Crippen LogP contribution in [0, 0.1) is 6.92 Å². The van der Waals surface area contributed by atoms with Crippen molar-refractivity contribution in [3.63, 3.8) is 0 Å². The van der Waals surface area contributed by atoms with Gasteiger partial charge in [-0.2, -0.15) is 0 Å². The molecule has 18 heavy (non-hydrogen) atoms. The molecule has 1 aromatic rings. The number of amidine groups is 1. The second kappa shape index (κ2) is 6.05. The van der Waals surface area contributed by atoms with E-state index in [4.69, 9.17) is 10.9 Å². The predicted octanol–water partition coefficient (Wildman–Crippen LogP) is 1.13. The largest absolute Gasteiger partial charge is 0.409 e. The molecule has 0 saturated heterocycles. The first-order chi connectivity index (χ1) is 8.47. The SMILES string of the molecule is Cc1ccccc1CC(=O)N(C)C(C)C(N)=NO. The summed E-state index contributed by atoms with van der Waals surface area (Å²) in [5.74, 6) is -0.0426. The molecule has 0 aliphatic heterocycles. The van der Waals surface area contributed by atoms with Crippen LogP contribution in [0.15, 0.2) is 29.4 Å². The molecule has 1 amide bonds. The zero-order valence-corrected chi connectivity index (χ0v) is 10.9. The van der Waals surface area contributed by atoms with Crippen LogP contribution in [0.1, 0.15) is 18.1 Å². The summed E-state index contributed by atoms with van der Waals surface area (Å²) in [5, 5.41) is 11.5. The van der Waals surface area contributed by atoms with Crippen molar-refractivity contribution in [1.82, 2.24) is 4.90 Å². The molecule has 1 aromatic carbocycles. The fourth-order valence-electron chi connectivity index (χ4n) is 1.59. The molecule has 1 unspecified atom stereocenters. The fourth-order valence-corrected chi connectivity index (χ4v) is 1.59. The average molecular weight is 249 g/mol. The number of aryl methyl sites for hydroxylation is 1. The molecular formula is C13H19N3O2. The van der Waals surface area contributed by atoms with E-state index in [2.05, 4.69) is 5.16 Å². The second-order valence-electron chi connectivity index (χ2n) is 4.31. The molecule has 0 aromatic heterocycles. The number of rotatable bonds is 4. The number of carbonyl (C=O) groups is 1. The highest BCUT2D eigenvalue weighted by Gasteiger charge is 2.19. The van der Waals surface area contributed by atoms with Crippen molar-refractivity contribution in [1.29, 1.82) is 0 Å². The smallest absolute Gasteiger partial charge is 0.227 e. The molecule has 0 fully saturated rings. The Morgan fingerprint density at radius 3 is 2.67 bits per heavy atom. The molecule has 0 aliphatic rings. The third-order valence-electron chi connectivity index (χ3n) is 3.12. The number of hydrogen-bond donors (Lipinski definition) is 2. The van der Waals surface area contributed by atoms with Crippen LogP contribution in [0.4, 0.5) is 0 Å². The number of amides is 1. The number of benzene rings is 1. The highest BCUT2D eigenvalue weighted by Crippen LogP contribution is 2.10. The fraction of sp³-hybridized carbons (Fsp3) is 0.385. The Bertz CT molecular complexity index is 457. The van der Waals surface area contributed by atoms with Crippen molar-refractivity contribution >= 4 is 11.7 Å². The topological polar surface area (TPSA) is 78.9 Å². The molecule has 98 valence electrons. The molecule has 0 spiro atoms. The third kappa shape index (κ3) is 3.23. The third-order valence-corrected chi connectivity index (χ3v) is 3.12. The summed E-state index contributed by atoms with van der Waals surface area (Å²) >= 11 is 0. The Morgan fingerprint density at radius 2 is 2.11 bits per heavy atom. The number of carbonyl (C=O) groups excluding carboxylic acids is 1. The molecule has 3 N–H and O–H groups in total. The van der Waals surface area contributed by atoms with E-state index in [0.717, 1.165) is 11.1 Å². The van der Waals surface area contributed by atoms with Crippen molar-refractivity contribution in [2.75, 3.05) is 7.05 Å². The summed E-state index contributed by atoms with van der Waals surface area (Å²) in [6.45, 7) is 3.68. The van der Waals surface area contributed by atoms with Gasteiger partial charge in [0, 0.05) is 7.05 Å². The van der Waals surface area contributed by atoms with E-state index in [1.165, 1.54) is 4.90 Å². The maximum atomic E-state index is 12.1. The van der Waals surface area contributed by atoms with Crippen LogP contribution in [-0.4, -0.2) is 34.9 Å². The van der Waals surface area contributed by atoms with E-state index >= 15 is 0 Å². The summed E-state index contributed by atoms with van der Waals surface area (Å²) in [5.41, 5.74) is 7.55. The first-order valence-corrected chi connectivity index (χ1v) is 5.75. The van der Waals surface area contributed by atoms with Crippen molar-refractivity contribution in [2.45, 2.75) is 26.3 Å². The Morgan fingerprint density at radius 1 is 1.50 bits per heavy atom. The van der Waals surface area contributed by atoms with E-state index in [-0.39, 0.29) is 11.7 Å². The minimum atomic E-state index is -0.425. The summed E-state index contributed by atoms with van der Waals surface area (Å²) in [6.07, 6.45) is 0.312. The van der Waals surface area contributed by atoms with Crippen LogP contribution in [0.2, 0.25) is 0 Å². The Balaban J connectivity index is 2.75. The highest BCUT2D eigenvalue weighted by molar-refractivity contribution is 5.90. The number of hydrogen-bond acceptors (Lipinski definition) is 3. The van der Waals surface area contributed by atoms with Gasteiger partial charge in [0.15, 0.2) is 5.84 Å². The van der Waals surface area contributed by atoms with Gasteiger partial charge in [-0.3, -0.25) is 4.79 Å². The molecule has 1 rings (SSSR count). The van der Waals surface area contributed by atoms with Gasteiger partial charge in [-0.1, -0.05) is 29.4 Å². The van der Waals surface area contributed by atoms with Gasteiger partial charge in [-0.25, -0.2) is 0 Å². The molecular weight excluding hydrogens is 230 g/mol. The van der Waals surface area contributed by atoms with E-state index in [1.54, 1.807) is 14.0 Å². The van der Waals surface area contributed by atoms with Crippen LogP contribution >= 0.6 is 0 Å². The van der Waals surface area contributed by atoms with E-state index in [9.17, 15) is 4.79 Å². The zero-order chi connectivity index (χ0) is 13.7. The number of likely N-dealkylation sites (N-methyl/N-ethyl adjacent to an activating group) is 1. The van der Waals surface area contributed by atoms with Crippen molar-refractivity contribution in [2.24, 2.45) is 10.9 Å². The van der Waals surface area contributed by atoms with Gasteiger partial charge >= 0.3 is 0 Å². The molecule has 0 bridgehead atoms. The first-order valence-electron chi connectivity index (χ1n) is 5.75. The lowest BCUT2D eigenvalue weighted by molar-refractivity contribution is -0.129. The number of oxime groups is 1. The standard InChI is InChI=1S/C13H19N3O2/c1-9-6-4-5-7-11(9)8-12(17)16(3)10(2)13(14)15-18/h4-7,10,18H,8H2,1-3H3,(H2,14,15). The maximum Gasteiger partial charge on any atom is 0.227 e. The normalized spacial score (nSPS) is 13.2. The van der Waals surface area contributed by atoms with Gasteiger partial charge < -0.3 is 15.8 Å². The predicted molar refractivity (Wildman–Crippen MR) is 70.5 cm³/mol. The average Bonchev–Trinajstić information content (AvgIpc) is 2.38.